The molecule has 0 fully saturated rings. The third-order valence-corrected chi connectivity index (χ3v) is 3.52. The van der Waals surface area contributed by atoms with Gasteiger partial charge < -0.3 is 10.4 Å². The number of amides is 1. The topological polar surface area (TPSA) is 49.3 Å². The zero-order chi connectivity index (χ0) is 14.0. The van der Waals surface area contributed by atoms with Gasteiger partial charge in [-0.25, -0.2) is 0 Å². The van der Waals surface area contributed by atoms with Crippen LogP contribution in [0.1, 0.15) is 66.2 Å². The Morgan fingerprint density at radius 3 is 2.33 bits per heavy atom. The molecule has 3 nitrogen and oxygen atoms in total. The number of carbonyl (C=O) groups excluding carboxylic acids is 1. The molecular formula is C15H31NO2. The van der Waals surface area contributed by atoms with E-state index in [4.69, 9.17) is 0 Å². The Morgan fingerprint density at radius 1 is 1.17 bits per heavy atom. The first-order valence-corrected chi connectivity index (χ1v) is 7.48. The molecule has 0 bridgehead atoms. The standard InChI is InChI=1S/C15H31NO2/c1-5-7-8-9-10-13(6-2)15(18)16-11-14(17)12(3)4/h12-14,17H,5-11H2,1-4H3,(H,16,18)/t13-,14+/m0/s1. The zero-order valence-corrected chi connectivity index (χ0v) is 12.5. The highest BCUT2D eigenvalue weighted by Crippen LogP contribution is 2.14. The Balaban J connectivity index is 3.88. The Labute approximate surface area is 112 Å². The molecule has 0 unspecified atom stereocenters. The monoisotopic (exact) mass is 257 g/mol. The van der Waals surface area contributed by atoms with Crippen LogP contribution in [0.25, 0.3) is 0 Å². The predicted molar refractivity (Wildman–Crippen MR) is 76.4 cm³/mol. The Hall–Kier alpha value is -0.570. The van der Waals surface area contributed by atoms with Crippen LogP contribution in [-0.2, 0) is 4.79 Å². The number of nitrogens with one attached hydrogen (secondary N) is 1. The summed E-state index contributed by atoms with van der Waals surface area (Å²) in [6, 6.07) is 0. The van der Waals surface area contributed by atoms with E-state index in [-0.39, 0.29) is 17.7 Å². The molecule has 0 aromatic rings. The fourth-order valence-corrected chi connectivity index (χ4v) is 1.92. The van der Waals surface area contributed by atoms with Gasteiger partial charge in [-0.3, -0.25) is 4.79 Å². The minimum Gasteiger partial charge on any atom is -0.391 e. The van der Waals surface area contributed by atoms with Crippen LogP contribution in [0.2, 0.25) is 0 Å². The van der Waals surface area contributed by atoms with Crippen LogP contribution in [0.4, 0.5) is 0 Å². The summed E-state index contributed by atoms with van der Waals surface area (Å²) in [5.41, 5.74) is 0. The van der Waals surface area contributed by atoms with E-state index in [0.717, 1.165) is 19.3 Å². The van der Waals surface area contributed by atoms with Crippen molar-refractivity contribution in [2.45, 2.75) is 72.3 Å². The highest BCUT2D eigenvalue weighted by Gasteiger charge is 2.17. The average molecular weight is 257 g/mol. The summed E-state index contributed by atoms with van der Waals surface area (Å²) in [5.74, 6) is 0.407. The van der Waals surface area contributed by atoms with Gasteiger partial charge >= 0.3 is 0 Å². The Morgan fingerprint density at radius 2 is 1.83 bits per heavy atom. The number of aliphatic hydroxyl groups excluding tert-OH is 1. The van der Waals surface area contributed by atoms with E-state index >= 15 is 0 Å². The second kappa shape index (κ2) is 10.4. The SMILES string of the molecule is CCCCCC[C@H](CC)C(=O)NC[C@@H](O)C(C)C. The molecule has 108 valence electrons. The maximum Gasteiger partial charge on any atom is 0.223 e. The maximum atomic E-state index is 11.9. The number of carbonyl (C=O) groups is 1. The van der Waals surface area contributed by atoms with E-state index in [0.29, 0.717) is 6.54 Å². The average Bonchev–Trinajstić information content (AvgIpc) is 2.35. The van der Waals surface area contributed by atoms with E-state index in [9.17, 15) is 9.90 Å². The summed E-state index contributed by atoms with van der Waals surface area (Å²) in [6.07, 6.45) is 6.25. The Bertz CT molecular complexity index is 217. The maximum absolute atomic E-state index is 11.9. The van der Waals surface area contributed by atoms with Crippen molar-refractivity contribution in [1.82, 2.24) is 5.32 Å². The van der Waals surface area contributed by atoms with Gasteiger partial charge in [0.1, 0.15) is 0 Å². The summed E-state index contributed by atoms with van der Waals surface area (Å²) < 4.78 is 0. The lowest BCUT2D eigenvalue weighted by Gasteiger charge is -2.18. The lowest BCUT2D eigenvalue weighted by atomic mass is 9.97. The van der Waals surface area contributed by atoms with E-state index in [1.165, 1.54) is 19.3 Å². The molecule has 0 saturated heterocycles. The van der Waals surface area contributed by atoms with Crippen LogP contribution in [0.3, 0.4) is 0 Å². The molecule has 0 radical (unpaired) electrons. The molecule has 18 heavy (non-hydrogen) atoms. The van der Waals surface area contributed by atoms with Crippen LogP contribution in [0.5, 0.6) is 0 Å². The molecular weight excluding hydrogens is 226 g/mol. The largest absolute Gasteiger partial charge is 0.391 e. The summed E-state index contributed by atoms with van der Waals surface area (Å²) >= 11 is 0. The molecule has 0 aliphatic heterocycles. The fraction of sp³-hybridized carbons (Fsp3) is 0.933. The third-order valence-electron chi connectivity index (χ3n) is 3.52. The van der Waals surface area contributed by atoms with Gasteiger partial charge in [-0.1, -0.05) is 53.4 Å². The molecule has 0 spiro atoms. The van der Waals surface area contributed by atoms with Gasteiger partial charge in [0.2, 0.25) is 5.91 Å². The summed E-state index contributed by atoms with van der Waals surface area (Å²) in [5, 5.41) is 12.5. The Kier molecular flexibility index (Phi) is 10.0. The van der Waals surface area contributed by atoms with Gasteiger partial charge in [-0.15, -0.1) is 0 Å². The smallest absolute Gasteiger partial charge is 0.223 e. The first-order valence-electron chi connectivity index (χ1n) is 7.48. The second-order valence-electron chi connectivity index (χ2n) is 5.51. The van der Waals surface area contributed by atoms with Gasteiger partial charge in [-0.05, 0) is 18.8 Å². The number of aliphatic hydroxyl groups is 1. The summed E-state index contributed by atoms with van der Waals surface area (Å²) in [6.45, 7) is 8.54. The van der Waals surface area contributed by atoms with Crippen molar-refractivity contribution in [3.63, 3.8) is 0 Å². The molecule has 2 N–H and O–H groups in total. The molecule has 0 aliphatic carbocycles. The number of hydrogen-bond acceptors (Lipinski definition) is 2. The lowest BCUT2D eigenvalue weighted by Crippen LogP contribution is -2.38. The highest BCUT2D eigenvalue weighted by atomic mass is 16.3. The van der Waals surface area contributed by atoms with E-state index in [1.807, 2.05) is 13.8 Å². The molecule has 2 atom stereocenters. The van der Waals surface area contributed by atoms with Crippen molar-refractivity contribution in [1.29, 1.82) is 0 Å². The number of rotatable bonds is 10. The van der Waals surface area contributed by atoms with Crippen LogP contribution in [-0.4, -0.2) is 23.7 Å². The molecule has 0 aromatic carbocycles. The molecule has 0 saturated carbocycles. The van der Waals surface area contributed by atoms with Crippen molar-refractivity contribution >= 4 is 5.91 Å². The van der Waals surface area contributed by atoms with Gasteiger partial charge in [0, 0.05) is 12.5 Å². The normalized spacial score (nSPS) is 14.6. The first-order chi connectivity index (χ1) is 8.52. The van der Waals surface area contributed by atoms with Crippen LogP contribution < -0.4 is 5.32 Å². The van der Waals surface area contributed by atoms with Crippen LogP contribution in [0, 0.1) is 11.8 Å². The van der Waals surface area contributed by atoms with Gasteiger partial charge in [0.25, 0.3) is 0 Å². The predicted octanol–water partition coefficient (Wildman–Crippen LogP) is 3.12. The quantitative estimate of drug-likeness (QED) is 0.591. The van der Waals surface area contributed by atoms with Crippen molar-refractivity contribution in [2.24, 2.45) is 11.8 Å². The highest BCUT2D eigenvalue weighted by molar-refractivity contribution is 5.78. The molecule has 0 aromatic heterocycles. The fourth-order valence-electron chi connectivity index (χ4n) is 1.92. The third kappa shape index (κ3) is 7.70. The van der Waals surface area contributed by atoms with Crippen molar-refractivity contribution in [2.75, 3.05) is 6.54 Å². The second-order valence-corrected chi connectivity index (χ2v) is 5.51. The number of unbranched alkanes of at least 4 members (excludes halogenated alkanes) is 3. The van der Waals surface area contributed by atoms with Gasteiger partial charge in [-0.2, -0.15) is 0 Å². The molecule has 0 rings (SSSR count). The van der Waals surface area contributed by atoms with Gasteiger partial charge in [0.15, 0.2) is 0 Å². The van der Waals surface area contributed by atoms with Crippen LogP contribution >= 0.6 is 0 Å². The minimum atomic E-state index is -0.438. The summed E-state index contributed by atoms with van der Waals surface area (Å²) in [7, 11) is 0. The van der Waals surface area contributed by atoms with Crippen molar-refractivity contribution in [3.05, 3.63) is 0 Å². The van der Waals surface area contributed by atoms with Gasteiger partial charge in [0.05, 0.1) is 6.10 Å². The van der Waals surface area contributed by atoms with E-state index in [2.05, 4.69) is 19.2 Å². The molecule has 1 amide bonds. The van der Waals surface area contributed by atoms with Crippen molar-refractivity contribution < 1.29 is 9.90 Å². The summed E-state index contributed by atoms with van der Waals surface area (Å²) in [4.78, 5) is 11.9. The first kappa shape index (κ1) is 17.4. The lowest BCUT2D eigenvalue weighted by molar-refractivity contribution is -0.125. The molecule has 0 heterocycles. The van der Waals surface area contributed by atoms with E-state index in [1.54, 1.807) is 0 Å². The van der Waals surface area contributed by atoms with Crippen molar-refractivity contribution in [3.8, 4) is 0 Å². The minimum absolute atomic E-state index is 0.105. The molecule has 3 heteroatoms. The number of hydrogen-bond donors (Lipinski definition) is 2. The zero-order valence-electron chi connectivity index (χ0n) is 12.5. The van der Waals surface area contributed by atoms with E-state index < -0.39 is 6.10 Å². The molecule has 0 aliphatic rings. The van der Waals surface area contributed by atoms with Crippen LogP contribution in [0.15, 0.2) is 0 Å².